The van der Waals surface area contributed by atoms with Crippen molar-refractivity contribution in [2.45, 2.75) is 277 Å². The molecule has 3 N–H and O–H groups in total. The third-order valence-electron chi connectivity index (χ3n) is 12.8. The van der Waals surface area contributed by atoms with E-state index in [0.717, 1.165) is 89.9 Å². The van der Waals surface area contributed by atoms with Crippen molar-refractivity contribution >= 4 is 19.8 Å². The van der Waals surface area contributed by atoms with Crippen LogP contribution >= 0.6 is 7.82 Å². The molecule has 0 aromatic carbocycles. The molecule has 0 amide bonds. The highest BCUT2D eigenvalue weighted by atomic mass is 31.2. The Morgan fingerprint density at radius 3 is 1.12 bits per heavy atom. The summed E-state index contributed by atoms with van der Waals surface area (Å²) in [4.78, 5) is 35.2. The topological polar surface area (TPSA) is 134 Å². The average Bonchev–Trinajstić information content (AvgIpc) is 3.38. The van der Waals surface area contributed by atoms with Crippen LogP contribution in [0.2, 0.25) is 0 Å². The predicted octanol–water partition coefficient (Wildman–Crippen LogP) is 19.1. The minimum absolute atomic E-state index is 0.0502. The summed E-state index contributed by atoms with van der Waals surface area (Å²) < 4.78 is 33.1. The number of hydrogen-bond donors (Lipinski definition) is 2. The number of unbranched alkanes of at least 4 members (excludes halogenated alkanes) is 29. The van der Waals surface area contributed by atoms with Crippen LogP contribution in [0, 0.1) is 0 Å². The molecule has 0 saturated heterocycles. The molecule has 0 aromatic rings. The fraction of sp³-hybridized carbons (Fsp3) is 0.746. The molecule has 0 aliphatic carbocycles. The maximum absolute atomic E-state index is 12.7. The number of phosphoric acid groups is 1. The number of rotatable bonds is 56. The first-order valence-electron chi connectivity index (χ1n) is 30.1. The smallest absolute Gasteiger partial charge is 0.462 e. The number of carbonyl (C=O) groups is 2. The van der Waals surface area contributed by atoms with Crippen LogP contribution < -0.4 is 5.73 Å². The zero-order chi connectivity index (χ0) is 53.1. The standard InChI is InChI=1S/C63H112NO8P/c1-3-5-7-9-11-13-15-17-19-21-23-25-26-27-28-29-30-31-32-33-34-36-38-40-42-44-46-48-50-52-54-56-63(66)72-61(60-71-73(67,68)70-58-57-64)59-69-62(65)55-53-51-49-47-45-43-41-39-37-35-24-22-20-18-16-14-12-10-8-6-4-2/h5,7,11,13,17,19,23,25,27-28,30-31,33-34,61H,3-4,6,8-10,12,14-16,18,20-22,24,26,29,32,35-60,64H2,1-2H3,(H,67,68)/b7-5-,13-11-,19-17-,25-23-,28-27-,31-30-,34-33-. The number of esters is 2. The molecule has 0 saturated carbocycles. The maximum Gasteiger partial charge on any atom is 0.472 e. The second-order valence-corrected chi connectivity index (χ2v) is 21.3. The Balaban J connectivity index is 3.99. The van der Waals surface area contributed by atoms with Gasteiger partial charge in [-0.05, 0) is 70.6 Å². The van der Waals surface area contributed by atoms with Crippen molar-refractivity contribution in [3.63, 3.8) is 0 Å². The summed E-state index contributed by atoms with van der Waals surface area (Å²) in [6.07, 6.45) is 76.4. The SMILES string of the molecule is CC/C=C\C/C=C\C/C=C\C/C=C\C/C=C\C/C=C\C/C=C\CCCCCCCCCCCC(=O)OC(COC(=O)CCCCCCCCCCCCCCCCCCCCCCC)COP(=O)(O)OCCN. The number of nitrogens with two attached hydrogens (primary N) is 1. The lowest BCUT2D eigenvalue weighted by molar-refractivity contribution is -0.161. The lowest BCUT2D eigenvalue weighted by atomic mass is 10.0. The van der Waals surface area contributed by atoms with E-state index in [1.165, 1.54) is 148 Å². The van der Waals surface area contributed by atoms with Gasteiger partial charge in [-0.3, -0.25) is 18.6 Å². The van der Waals surface area contributed by atoms with E-state index in [1.807, 2.05) is 0 Å². The monoisotopic (exact) mass is 1040 g/mol. The van der Waals surface area contributed by atoms with Gasteiger partial charge >= 0.3 is 19.8 Å². The van der Waals surface area contributed by atoms with Gasteiger partial charge in [-0.25, -0.2) is 4.57 Å². The molecule has 0 bridgehead atoms. The number of carbonyl (C=O) groups excluding carboxylic acids is 2. The predicted molar refractivity (Wildman–Crippen MR) is 312 cm³/mol. The highest BCUT2D eigenvalue weighted by Gasteiger charge is 2.26. The molecule has 10 heteroatoms. The maximum atomic E-state index is 12.7. The first-order valence-corrected chi connectivity index (χ1v) is 31.6. The number of hydrogen-bond acceptors (Lipinski definition) is 8. The Morgan fingerprint density at radius 2 is 0.753 bits per heavy atom. The molecular formula is C63H112NO8P. The van der Waals surface area contributed by atoms with Crippen LogP contribution in [0.1, 0.15) is 271 Å². The van der Waals surface area contributed by atoms with Gasteiger partial charge in [0.1, 0.15) is 6.61 Å². The molecule has 0 aromatic heterocycles. The number of allylic oxidation sites excluding steroid dienone is 14. The van der Waals surface area contributed by atoms with Gasteiger partial charge in [-0.2, -0.15) is 0 Å². The number of phosphoric ester groups is 1. The minimum atomic E-state index is -4.39. The van der Waals surface area contributed by atoms with Crippen LogP contribution in [0.15, 0.2) is 85.1 Å². The van der Waals surface area contributed by atoms with Gasteiger partial charge in [-0.15, -0.1) is 0 Å². The molecule has 0 fully saturated rings. The van der Waals surface area contributed by atoms with E-state index in [2.05, 4.69) is 98.9 Å². The van der Waals surface area contributed by atoms with Gasteiger partial charge in [0.25, 0.3) is 0 Å². The van der Waals surface area contributed by atoms with Gasteiger partial charge in [0.15, 0.2) is 6.10 Å². The number of ether oxygens (including phenoxy) is 2. The van der Waals surface area contributed by atoms with Gasteiger partial charge in [0.05, 0.1) is 13.2 Å². The van der Waals surface area contributed by atoms with Crippen molar-refractivity contribution in [3.8, 4) is 0 Å². The fourth-order valence-corrected chi connectivity index (χ4v) is 9.15. The molecule has 9 nitrogen and oxygen atoms in total. The van der Waals surface area contributed by atoms with Crippen LogP contribution in [-0.4, -0.2) is 49.3 Å². The molecule has 0 heterocycles. The molecule has 0 rings (SSSR count). The molecular weight excluding hydrogens is 930 g/mol. The summed E-state index contributed by atoms with van der Waals surface area (Å²) >= 11 is 0. The summed E-state index contributed by atoms with van der Waals surface area (Å²) in [6, 6.07) is 0. The Bertz CT molecular complexity index is 1470. The van der Waals surface area contributed by atoms with Crippen LogP contribution in [0.4, 0.5) is 0 Å². The van der Waals surface area contributed by atoms with Crippen molar-refractivity contribution in [3.05, 3.63) is 85.1 Å². The molecule has 2 atom stereocenters. The Hall–Kier alpha value is -2.81. The Morgan fingerprint density at radius 1 is 0.425 bits per heavy atom. The van der Waals surface area contributed by atoms with Gasteiger partial charge in [0.2, 0.25) is 0 Å². The van der Waals surface area contributed by atoms with E-state index in [1.54, 1.807) is 0 Å². The normalized spacial score (nSPS) is 13.6. The molecule has 422 valence electrons. The molecule has 73 heavy (non-hydrogen) atoms. The van der Waals surface area contributed by atoms with Crippen LogP contribution in [0.25, 0.3) is 0 Å². The van der Waals surface area contributed by atoms with Gasteiger partial charge < -0.3 is 20.1 Å². The summed E-state index contributed by atoms with van der Waals surface area (Å²) in [5.41, 5.74) is 5.39. The average molecular weight is 1040 g/mol. The van der Waals surface area contributed by atoms with Crippen LogP contribution in [0.3, 0.4) is 0 Å². The minimum Gasteiger partial charge on any atom is -0.462 e. The second-order valence-electron chi connectivity index (χ2n) is 19.8. The van der Waals surface area contributed by atoms with E-state index in [4.69, 9.17) is 24.3 Å². The molecule has 0 aliphatic heterocycles. The highest BCUT2D eigenvalue weighted by Crippen LogP contribution is 2.43. The van der Waals surface area contributed by atoms with E-state index < -0.39 is 26.5 Å². The lowest BCUT2D eigenvalue weighted by Crippen LogP contribution is -2.29. The van der Waals surface area contributed by atoms with Crippen molar-refractivity contribution in [1.82, 2.24) is 0 Å². The third-order valence-corrected chi connectivity index (χ3v) is 13.8. The van der Waals surface area contributed by atoms with E-state index in [0.29, 0.717) is 6.42 Å². The Kier molecular flexibility index (Phi) is 56.2. The third kappa shape index (κ3) is 58.3. The van der Waals surface area contributed by atoms with Crippen molar-refractivity contribution in [1.29, 1.82) is 0 Å². The molecule has 2 unspecified atom stereocenters. The quantitative estimate of drug-likeness (QED) is 0.0264. The second kappa shape index (κ2) is 58.5. The van der Waals surface area contributed by atoms with Crippen LogP contribution in [-0.2, 0) is 32.7 Å². The van der Waals surface area contributed by atoms with E-state index >= 15 is 0 Å². The highest BCUT2D eigenvalue weighted by molar-refractivity contribution is 7.47. The summed E-state index contributed by atoms with van der Waals surface area (Å²) in [6.45, 7) is 3.65. The fourth-order valence-electron chi connectivity index (χ4n) is 8.38. The molecule has 0 radical (unpaired) electrons. The summed E-state index contributed by atoms with van der Waals surface area (Å²) in [7, 11) is -4.39. The Labute approximate surface area is 449 Å². The first kappa shape index (κ1) is 70.2. The van der Waals surface area contributed by atoms with Crippen molar-refractivity contribution < 1.29 is 37.6 Å². The first-order chi connectivity index (χ1) is 35.8. The van der Waals surface area contributed by atoms with Crippen molar-refractivity contribution in [2.24, 2.45) is 5.73 Å². The summed E-state index contributed by atoms with van der Waals surface area (Å²) in [5, 5.41) is 0. The molecule has 0 spiro atoms. The van der Waals surface area contributed by atoms with Crippen LogP contribution in [0.5, 0.6) is 0 Å². The van der Waals surface area contributed by atoms with Gasteiger partial charge in [0, 0.05) is 19.4 Å². The largest absolute Gasteiger partial charge is 0.472 e. The van der Waals surface area contributed by atoms with Gasteiger partial charge in [-0.1, -0.05) is 272 Å². The van der Waals surface area contributed by atoms with E-state index in [-0.39, 0.29) is 38.6 Å². The van der Waals surface area contributed by atoms with E-state index in [9.17, 15) is 19.0 Å². The van der Waals surface area contributed by atoms with Crippen molar-refractivity contribution in [2.75, 3.05) is 26.4 Å². The summed E-state index contributed by atoms with van der Waals surface area (Å²) in [5.74, 6) is -0.828. The zero-order valence-electron chi connectivity index (χ0n) is 47.1. The lowest BCUT2D eigenvalue weighted by Gasteiger charge is -2.19. The molecule has 0 aliphatic rings. The zero-order valence-corrected chi connectivity index (χ0v) is 48.0.